The van der Waals surface area contributed by atoms with Crippen LogP contribution in [0, 0.1) is 11.3 Å². The SMILES string of the molecule is CC(C)(CCNC(=O)C1CCN(c2ccccc2Br)C1=O)C(=O)O. The van der Waals surface area contributed by atoms with Crippen LogP contribution in [0.2, 0.25) is 0 Å². The van der Waals surface area contributed by atoms with Crippen LogP contribution in [-0.2, 0) is 14.4 Å². The molecule has 1 saturated heterocycles. The molecule has 1 aromatic carbocycles. The lowest BCUT2D eigenvalue weighted by Crippen LogP contribution is -2.39. The summed E-state index contributed by atoms with van der Waals surface area (Å²) in [6, 6.07) is 7.39. The zero-order chi connectivity index (χ0) is 17.9. The highest BCUT2D eigenvalue weighted by Crippen LogP contribution is 2.31. The van der Waals surface area contributed by atoms with Crippen LogP contribution in [0.1, 0.15) is 26.7 Å². The molecule has 0 radical (unpaired) electrons. The van der Waals surface area contributed by atoms with Crippen molar-refractivity contribution < 1.29 is 19.5 Å². The zero-order valence-corrected chi connectivity index (χ0v) is 15.3. The first kappa shape index (κ1) is 18.4. The van der Waals surface area contributed by atoms with E-state index in [0.717, 1.165) is 10.2 Å². The van der Waals surface area contributed by atoms with Gasteiger partial charge in [-0.25, -0.2) is 0 Å². The number of nitrogens with one attached hydrogen (secondary N) is 1. The molecule has 0 bridgehead atoms. The number of carbonyl (C=O) groups excluding carboxylic acids is 2. The fourth-order valence-corrected chi connectivity index (χ4v) is 3.06. The number of carboxylic acids is 1. The normalized spacial score (nSPS) is 17.9. The van der Waals surface area contributed by atoms with Gasteiger partial charge in [-0.05, 0) is 54.8 Å². The first-order valence-electron chi connectivity index (χ1n) is 7.81. The Morgan fingerprint density at radius 1 is 1.38 bits per heavy atom. The maximum atomic E-state index is 12.5. The number of hydrogen-bond acceptors (Lipinski definition) is 3. The first-order chi connectivity index (χ1) is 11.2. The van der Waals surface area contributed by atoms with Gasteiger partial charge in [-0.2, -0.15) is 0 Å². The Bertz CT molecular complexity index is 660. The van der Waals surface area contributed by atoms with Crippen LogP contribution < -0.4 is 10.2 Å². The molecule has 7 heteroatoms. The van der Waals surface area contributed by atoms with Gasteiger partial charge in [-0.1, -0.05) is 12.1 Å². The number of carbonyl (C=O) groups is 3. The molecule has 1 atom stereocenters. The van der Waals surface area contributed by atoms with Crippen molar-refractivity contribution >= 4 is 39.4 Å². The molecule has 1 aliphatic heterocycles. The second-order valence-electron chi connectivity index (χ2n) is 6.51. The molecule has 1 unspecified atom stereocenters. The average molecular weight is 397 g/mol. The van der Waals surface area contributed by atoms with Gasteiger partial charge in [0.2, 0.25) is 11.8 Å². The lowest BCUT2D eigenvalue weighted by Gasteiger charge is -2.20. The summed E-state index contributed by atoms with van der Waals surface area (Å²) in [5, 5.41) is 11.8. The van der Waals surface area contributed by atoms with E-state index in [1.54, 1.807) is 18.7 Å². The third-order valence-corrected chi connectivity index (χ3v) is 4.96. The second-order valence-corrected chi connectivity index (χ2v) is 7.37. The number of halogens is 1. The molecule has 1 aliphatic rings. The van der Waals surface area contributed by atoms with Crippen molar-refractivity contribution in [3.63, 3.8) is 0 Å². The number of amides is 2. The molecular weight excluding hydrogens is 376 g/mol. The van der Waals surface area contributed by atoms with Crippen LogP contribution in [0.15, 0.2) is 28.7 Å². The molecule has 2 N–H and O–H groups in total. The number of hydrogen-bond donors (Lipinski definition) is 2. The number of para-hydroxylation sites is 1. The molecule has 0 spiro atoms. The van der Waals surface area contributed by atoms with Gasteiger partial charge in [0.1, 0.15) is 5.92 Å². The topological polar surface area (TPSA) is 86.7 Å². The fourth-order valence-electron chi connectivity index (χ4n) is 2.56. The monoisotopic (exact) mass is 396 g/mol. The van der Waals surface area contributed by atoms with E-state index >= 15 is 0 Å². The minimum atomic E-state index is -0.909. The summed E-state index contributed by atoms with van der Waals surface area (Å²) >= 11 is 3.42. The summed E-state index contributed by atoms with van der Waals surface area (Å²) in [6.45, 7) is 3.94. The molecule has 6 nitrogen and oxygen atoms in total. The number of benzene rings is 1. The van der Waals surface area contributed by atoms with Crippen molar-refractivity contribution in [2.45, 2.75) is 26.7 Å². The van der Waals surface area contributed by atoms with E-state index in [0.29, 0.717) is 19.4 Å². The lowest BCUT2D eigenvalue weighted by molar-refractivity contribution is -0.147. The Morgan fingerprint density at radius 3 is 2.67 bits per heavy atom. The Balaban J connectivity index is 1.94. The van der Waals surface area contributed by atoms with Gasteiger partial charge in [-0.15, -0.1) is 0 Å². The smallest absolute Gasteiger partial charge is 0.309 e. The van der Waals surface area contributed by atoms with Crippen LogP contribution in [0.4, 0.5) is 5.69 Å². The Morgan fingerprint density at radius 2 is 2.04 bits per heavy atom. The van der Waals surface area contributed by atoms with Gasteiger partial charge in [0, 0.05) is 17.6 Å². The largest absolute Gasteiger partial charge is 0.481 e. The van der Waals surface area contributed by atoms with Crippen molar-refractivity contribution in [3.8, 4) is 0 Å². The van der Waals surface area contributed by atoms with E-state index in [9.17, 15) is 14.4 Å². The van der Waals surface area contributed by atoms with Gasteiger partial charge in [0.15, 0.2) is 0 Å². The molecule has 0 aromatic heterocycles. The third-order valence-electron chi connectivity index (χ3n) is 4.29. The van der Waals surface area contributed by atoms with Gasteiger partial charge in [-0.3, -0.25) is 14.4 Å². The molecule has 1 aromatic rings. The predicted molar refractivity (Wildman–Crippen MR) is 93.6 cm³/mol. The molecule has 24 heavy (non-hydrogen) atoms. The van der Waals surface area contributed by atoms with Crippen LogP contribution in [0.5, 0.6) is 0 Å². The summed E-state index contributed by atoms with van der Waals surface area (Å²) < 4.78 is 0.808. The maximum Gasteiger partial charge on any atom is 0.309 e. The molecular formula is C17H21BrN2O4. The second kappa shape index (κ2) is 7.34. The minimum absolute atomic E-state index is 0.225. The molecule has 1 fully saturated rings. The van der Waals surface area contributed by atoms with E-state index in [1.165, 1.54) is 0 Å². The minimum Gasteiger partial charge on any atom is -0.481 e. The van der Waals surface area contributed by atoms with E-state index in [4.69, 9.17) is 5.11 Å². The summed E-state index contributed by atoms with van der Waals surface area (Å²) in [5.74, 6) is -2.19. The maximum absolute atomic E-state index is 12.5. The van der Waals surface area contributed by atoms with Crippen molar-refractivity contribution in [3.05, 3.63) is 28.7 Å². The fraction of sp³-hybridized carbons (Fsp3) is 0.471. The molecule has 130 valence electrons. The highest BCUT2D eigenvalue weighted by atomic mass is 79.9. The number of carboxylic acid groups (broad SMARTS) is 1. The summed E-state index contributed by atoms with van der Waals surface area (Å²) in [5.41, 5.74) is -0.154. The first-order valence-corrected chi connectivity index (χ1v) is 8.60. The Hall–Kier alpha value is -1.89. The van der Waals surface area contributed by atoms with Crippen molar-refractivity contribution in [2.24, 2.45) is 11.3 Å². The van der Waals surface area contributed by atoms with Crippen LogP contribution in [0.25, 0.3) is 0 Å². The van der Waals surface area contributed by atoms with E-state index in [2.05, 4.69) is 21.2 Å². The molecule has 0 aliphatic carbocycles. The van der Waals surface area contributed by atoms with Crippen LogP contribution in [-0.4, -0.2) is 36.0 Å². The summed E-state index contributed by atoms with van der Waals surface area (Å²) in [4.78, 5) is 37.4. The van der Waals surface area contributed by atoms with Crippen LogP contribution >= 0.6 is 15.9 Å². The number of nitrogens with zero attached hydrogens (tertiary/aromatic N) is 1. The average Bonchev–Trinajstić information content (AvgIpc) is 2.89. The predicted octanol–water partition coefficient (Wildman–Crippen LogP) is 2.42. The number of anilines is 1. The Labute approximate surface area is 149 Å². The van der Waals surface area contributed by atoms with E-state index in [1.807, 2.05) is 24.3 Å². The summed E-state index contributed by atoms with van der Waals surface area (Å²) in [7, 11) is 0. The van der Waals surface area contributed by atoms with Crippen LogP contribution in [0.3, 0.4) is 0 Å². The van der Waals surface area contributed by atoms with Crippen molar-refractivity contribution in [1.29, 1.82) is 0 Å². The molecule has 2 rings (SSSR count). The highest BCUT2D eigenvalue weighted by molar-refractivity contribution is 9.10. The van der Waals surface area contributed by atoms with Gasteiger partial charge < -0.3 is 15.3 Å². The molecule has 2 amide bonds. The van der Waals surface area contributed by atoms with Crippen molar-refractivity contribution in [1.82, 2.24) is 5.32 Å². The highest BCUT2D eigenvalue weighted by Gasteiger charge is 2.38. The van der Waals surface area contributed by atoms with Gasteiger partial charge in [0.25, 0.3) is 0 Å². The third kappa shape index (κ3) is 3.95. The Kier molecular flexibility index (Phi) is 5.64. The summed E-state index contributed by atoms with van der Waals surface area (Å²) in [6.07, 6.45) is 0.761. The standard InChI is InChI=1S/C17H21BrN2O4/c1-17(2,16(23)24)8-9-19-14(21)11-7-10-20(15(11)22)13-6-4-3-5-12(13)18/h3-6,11H,7-10H2,1-2H3,(H,19,21)(H,23,24). The zero-order valence-electron chi connectivity index (χ0n) is 13.7. The van der Waals surface area contributed by atoms with Crippen molar-refractivity contribution in [2.75, 3.05) is 18.0 Å². The quantitative estimate of drug-likeness (QED) is 0.722. The van der Waals surface area contributed by atoms with Gasteiger partial charge in [0.05, 0.1) is 11.1 Å². The molecule has 0 saturated carbocycles. The number of rotatable bonds is 6. The lowest BCUT2D eigenvalue weighted by atomic mass is 9.89. The van der Waals surface area contributed by atoms with Gasteiger partial charge >= 0.3 is 5.97 Å². The van der Waals surface area contributed by atoms with E-state index < -0.39 is 17.3 Å². The number of aliphatic carboxylic acids is 1. The molecule has 1 heterocycles. The van der Waals surface area contributed by atoms with E-state index in [-0.39, 0.29) is 18.4 Å².